The molecule has 1 fully saturated rings. The summed E-state index contributed by atoms with van der Waals surface area (Å²) in [6.07, 6.45) is 3.48. The van der Waals surface area contributed by atoms with E-state index in [-0.39, 0.29) is 17.6 Å². The van der Waals surface area contributed by atoms with Crippen LogP contribution in [0, 0.1) is 5.82 Å². The Labute approximate surface area is 203 Å². The Morgan fingerprint density at radius 1 is 0.941 bits per heavy atom. The quantitative estimate of drug-likeness (QED) is 0.452. The third-order valence-corrected chi connectivity index (χ3v) is 6.75. The Morgan fingerprint density at radius 3 is 2.35 bits per heavy atom. The van der Waals surface area contributed by atoms with Crippen molar-refractivity contribution in [3.63, 3.8) is 0 Å². The van der Waals surface area contributed by atoms with E-state index in [1.807, 2.05) is 63.7 Å². The van der Waals surface area contributed by atoms with Crippen molar-refractivity contribution in [2.24, 2.45) is 0 Å². The van der Waals surface area contributed by atoms with E-state index in [2.05, 4.69) is 4.90 Å². The molecule has 5 nitrogen and oxygen atoms in total. The van der Waals surface area contributed by atoms with Gasteiger partial charge in [0, 0.05) is 51.9 Å². The summed E-state index contributed by atoms with van der Waals surface area (Å²) in [5.74, 6) is -0.278. The number of hydrogen-bond donors (Lipinski definition) is 0. The van der Waals surface area contributed by atoms with Crippen molar-refractivity contribution in [3.05, 3.63) is 100 Å². The van der Waals surface area contributed by atoms with Gasteiger partial charge in [-0.1, -0.05) is 48.5 Å². The molecule has 0 spiro atoms. The van der Waals surface area contributed by atoms with Gasteiger partial charge in [-0.15, -0.1) is 11.3 Å². The fourth-order valence-electron chi connectivity index (χ4n) is 3.91. The number of amides is 2. The molecule has 0 bridgehead atoms. The monoisotopic (exact) mass is 477 g/mol. The highest BCUT2D eigenvalue weighted by Gasteiger charge is 2.22. The van der Waals surface area contributed by atoms with E-state index in [9.17, 15) is 14.0 Å². The normalized spacial score (nSPS) is 14.4. The smallest absolute Gasteiger partial charge is 0.264 e. The number of piperazine rings is 1. The van der Waals surface area contributed by atoms with Crippen LogP contribution < -0.4 is 0 Å². The highest BCUT2D eigenvalue weighted by atomic mass is 32.1. The molecule has 0 aliphatic carbocycles. The van der Waals surface area contributed by atoms with Gasteiger partial charge in [-0.2, -0.15) is 0 Å². The number of hydrogen-bond acceptors (Lipinski definition) is 4. The summed E-state index contributed by atoms with van der Waals surface area (Å²) in [6, 6.07) is 19.8. The number of thiophene rings is 1. The molecule has 2 heterocycles. The lowest BCUT2D eigenvalue weighted by Gasteiger charge is -2.35. The van der Waals surface area contributed by atoms with E-state index in [0.29, 0.717) is 31.1 Å². The van der Waals surface area contributed by atoms with Crippen LogP contribution in [0.4, 0.5) is 4.39 Å². The molecule has 34 heavy (non-hydrogen) atoms. The molecule has 1 saturated heterocycles. The fourth-order valence-corrected chi connectivity index (χ4v) is 4.60. The van der Waals surface area contributed by atoms with Crippen molar-refractivity contribution >= 4 is 29.2 Å². The molecule has 7 heteroatoms. The van der Waals surface area contributed by atoms with Crippen LogP contribution in [0.5, 0.6) is 0 Å². The molecule has 2 amide bonds. The molecule has 1 aliphatic rings. The lowest BCUT2D eigenvalue weighted by atomic mass is 10.2. The minimum absolute atomic E-state index is 0.0146. The Balaban J connectivity index is 1.30. The standard InChI is InChI=1S/C27H28FN3O2S/c28-24-11-8-23(9-12-24)21-31(27(33)25-7-4-20-34-25)19-16-29-14-17-30(18-15-29)26(32)13-10-22-5-2-1-3-6-22/h1-13,20H,14-19,21H2/b13-10+. The van der Waals surface area contributed by atoms with E-state index in [4.69, 9.17) is 0 Å². The first-order valence-electron chi connectivity index (χ1n) is 11.4. The maximum atomic E-state index is 13.3. The average Bonchev–Trinajstić information content (AvgIpc) is 3.42. The zero-order valence-corrected chi connectivity index (χ0v) is 19.8. The highest BCUT2D eigenvalue weighted by Crippen LogP contribution is 2.16. The van der Waals surface area contributed by atoms with Gasteiger partial charge in [-0.25, -0.2) is 4.39 Å². The SMILES string of the molecule is O=C(/C=C/c1ccccc1)N1CCN(CCN(Cc2ccc(F)cc2)C(=O)c2cccs2)CC1. The van der Waals surface area contributed by atoms with E-state index in [0.717, 1.165) is 30.8 Å². The van der Waals surface area contributed by atoms with Crippen LogP contribution in [-0.4, -0.2) is 65.8 Å². The Bertz CT molecular complexity index is 1090. The summed E-state index contributed by atoms with van der Waals surface area (Å²) in [5, 5.41) is 1.89. The zero-order valence-electron chi connectivity index (χ0n) is 19.0. The largest absolute Gasteiger partial charge is 0.337 e. The molecule has 0 saturated carbocycles. The lowest BCUT2D eigenvalue weighted by molar-refractivity contribution is -0.127. The highest BCUT2D eigenvalue weighted by molar-refractivity contribution is 7.12. The first-order chi connectivity index (χ1) is 16.6. The van der Waals surface area contributed by atoms with Crippen molar-refractivity contribution in [2.75, 3.05) is 39.3 Å². The van der Waals surface area contributed by atoms with E-state index < -0.39 is 0 Å². The van der Waals surface area contributed by atoms with Crippen LogP contribution in [0.3, 0.4) is 0 Å². The summed E-state index contributed by atoms with van der Waals surface area (Å²) in [5.41, 5.74) is 1.90. The molecule has 4 rings (SSSR count). The van der Waals surface area contributed by atoms with Gasteiger partial charge in [0.25, 0.3) is 5.91 Å². The van der Waals surface area contributed by atoms with Crippen LogP contribution >= 0.6 is 11.3 Å². The first-order valence-corrected chi connectivity index (χ1v) is 12.3. The maximum absolute atomic E-state index is 13.3. The molecule has 1 aromatic heterocycles. The van der Waals surface area contributed by atoms with Crippen LogP contribution in [0.2, 0.25) is 0 Å². The number of rotatable bonds is 8. The van der Waals surface area contributed by atoms with Crippen LogP contribution in [0.15, 0.2) is 78.2 Å². The van der Waals surface area contributed by atoms with Crippen molar-refractivity contribution in [1.82, 2.24) is 14.7 Å². The second-order valence-electron chi connectivity index (χ2n) is 8.24. The topological polar surface area (TPSA) is 43.9 Å². The second-order valence-corrected chi connectivity index (χ2v) is 9.19. The number of carbonyl (C=O) groups is 2. The minimum Gasteiger partial charge on any atom is -0.337 e. The predicted octanol–water partition coefficient (Wildman–Crippen LogP) is 4.39. The molecular formula is C27H28FN3O2S. The fraction of sp³-hybridized carbons (Fsp3) is 0.259. The molecule has 0 radical (unpaired) electrons. The summed E-state index contributed by atoms with van der Waals surface area (Å²) in [4.78, 5) is 32.3. The number of benzene rings is 2. The van der Waals surface area contributed by atoms with Gasteiger partial charge in [0.1, 0.15) is 5.82 Å². The third-order valence-electron chi connectivity index (χ3n) is 5.89. The Hall–Kier alpha value is -3.29. The van der Waals surface area contributed by atoms with Crippen molar-refractivity contribution in [3.8, 4) is 0 Å². The molecule has 2 aromatic carbocycles. The summed E-state index contributed by atoms with van der Waals surface area (Å²) in [7, 11) is 0. The maximum Gasteiger partial charge on any atom is 0.264 e. The molecule has 0 N–H and O–H groups in total. The van der Waals surface area contributed by atoms with E-state index >= 15 is 0 Å². The van der Waals surface area contributed by atoms with Gasteiger partial charge in [-0.3, -0.25) is 14.5 Å². The van der Waals surface area contributed by atoms with Crippen molar-refractivity contribution in [2.45, 2.75) is 6.54 Å². The van der Waals surface area contributed by atoms with Gasteiger partial charge in [-0.05, 0) is 40.8 Å². The number of nitrogens with zero attached hydrogens (tertiary/aromatic N) is 3. The molecule has 1 aliphatic heterocycles. The molecule has 0 unspecified atom stereocenters. The van der Waals surface area contributed by atoms with Gasteiger partial charge < -0.3 is 9.80 Å². The Morgan fingerprint density at radius 2 is 1.68 bits per heavy atom. The van der Waals surface area contributed by atoms with Crippen molar-refractivity contribution in [1.29, 1.82) is 0 Å². The van der Waals surface area contributed by atoms with Gasteiger partial charge in [0.15, 0.2) is 0 Å². The summed E-state index contributed by atoms with van der Waals surface area (Å²) in [6.45, 7) is 4.57. The zero-order chi connectivity index (χ0) is 23.8. The Kier molecular flexibility index (Phi) is 8.22. The lowest BCUT2D eigenvalue weighted by Crippen LogP contribution is -2.50. The summed E-state index contributed by atoms with van der Waals surface area (Å²) >= 11 is 1.42. The number of halogens is 1. The molecule has 3 aromatic rings. The summed E-state index contributed by atoms with van der Waals surface area (Å²) < 4.78 is 13.3. The predicted molar refractivity (Wildman–Crippen MR) is 134 cm³/mol. The van der Waals surface area contributed by atoms with Crippen LogP contribution in [0.1, 0.15) is 20.8 Å². The molecular weight excluding hydrogens is 449 g/mol. The second kappa shape index (κ2) is 11.7. The van der Waals surface area contributed by atoms with E-state index in [1.165, 1.54) is 23.5 Å². The number of carbonyl (C=O) groups excluding carboxylic acids is 2. The minimum atomic E-state index is -0.286. The van der Waals surface area contributed by atoms with Gasteiger partial charge in [0.2, 0.25) is 5.91 Å². The first kappa shape index (κ1) is 23.9. The van der Waals surface area contributed by atoms with Gasteiger partial charge in [0.05, 0.1) is 4.88 Å². The molecule has 176 valence electrons. The van der Waals surface area contributed by atoms with Gasteiger partial charge >= 0.3 is 0 Å². The van der Waals surface area contributed by atoms with Crippen LogP contribution in [-0.2, 0) is 11.3 Å². The average molecular weight is 478 g/mol. The van der Waals surface area contributed by atoms with Crippen LogP contribution in [0.25, 0.3) is 6.08 Å². The third kappa shape index (κ3) is 6.62. The molecule has 0 atom stereocenters. The van der Waals surface area contributed by atoms with E-state index in [1.54, 1.807) is 18.2 Å². The van der Waals surface area contributed by atoms with Crippen molar-refractivity contribution < 1.29 is 14.0 Å².